The van der Waals surface area contributed by atoms with Gasteiger partial charge in [0.05, 0.1) is 0 Å². The van der Waals surface area contributed by atoms with Crippen molar-refractivity contribution in [3.05, 3.63) is 64.7 Å². The molecule has 1 atom stereocenters. The summed E-state index contributed by atoms with van der Waals surface area (Å²) >= 11 is 0. The average molecular weight is 289 g/mol. The first-order chi connectivity index (χ1) is 10.0. The SMILES string of the molecule is CN1CCCc2cc(C(O)c3cc(F)cc(F)c3)ccc21. The molecule has 4 heteroatoms. The minimum absolute atomic E-state index is 0.233. The molecule has 1 unspecified atom stereocenters. The first kappa shape index (κ1) is 14.0. The van der Waals surface area contributed by atoms with Crippen molar-refractivity contribution in [3.63, 3.8) is 0 Å². The van der Waals surface area contributed by atoms with E-state index in [0.717, 1.165) is 36.7 Å². The Morgan fingerprint density at radius 1 is 1.05 bits per heavy atom. The Hall–Kier alpha value is -1.94. The number of benzene rings is 2. The highest BCUT2D eigenvalue weighted by atomic mass is 19.1. The molecule has 1 aliphatic rings. The molecular weight excluding hydrogens is 272 g/mol. The zero-order valence-corrected chi connectivity index (χ0v) is 11.8. The molecule has 0 fully saturated rings. The zero-order chi connectivity index (χ0) is 15.0. The molecule has 1 aliphatic heterocycles. The van der Waals surface area contributed by atoms with Crippen molar-refractivity contribution < 1.29 is 13.9 Å². The van der Waals surface area contributed by atoms with Gasteiger partial charge in [-0.15, -0.1) is 0 Å². The quantitative estimate of drug-likeness (QED) is 0.915. The zero-order valence-electron chi connectivity index (χ0n) is 11.8. The van der Waals surface area contributed by atoms with Crippen molar-refractivity contribution in [2.24, 2.45) is 0 Å². The Morgan fingerprint density at radius 2 is 1.76 bits per heavy atom. The van der Waals surface area contributed by atoms with Gasteiger partial charge in [-0.3, -0.25) is 0 Å². The molecular formula is C17H17F2NO. The minimum atomic E-state index is -1.02. The molecule has 21 heavy (non-hydrogen) atoms. The molecule has 2 nitrogen and oxygen atoms in total. The van der Waals surface area contributed by atoms with Gasteiger partial charge in [0, 0.05) is 25.3 Å². The van der Waals surface area contributed by atoms with E-state index in [0.29, 0.717) is 5.56 Å². The second kappa shape index (κ2) is 5.45. The molecule has 0 aromatic heterocycles. The van der Waals surface area contributed by atoms with Crippen molar-refractivity contribution in [2.45, 2.75) is 18.9 Å². The van der Waals surface area contributed by atoms with E-state index in [4.69, 9.17) is 0 Å². The van der Waals surface area contributed by atoms with Crippen LogP contribution in [0.25, 0.3) is 0 Å². The van der Waals surface area contributed by atoms with Crippen LogP contribution in [0.4, 0.5) is 14.5 Å². The fourth-order valence-corrected chi connectivity index (χ4v) is 2.90. The van der Waals surface area contributed by atoms with Crippen LogP contribution in [0, 0.1) is 11.6 Å². The lowest BCUT2D eigenvalue weighted by Gasteiger charge is -2.28. The van der Waals surface area contributed by atoms with Gasteiger partial charge in [-0.1, -0.05) is 12.1 Å². The molecule has 0 saturated carbocycles. The van der Waals surface area contributed by atoms with Crippen LogP contribution >= 0.6 is 0 Å². The van der Waals surface area contributed by atoms with Crippen LogP contribution in [0.5, 0.6) is 0 Å². The maximum absolute atomic E-state index is 13.3. The summed E-state index contributed by atoms with van der Waals surface area (Å²) in [7, 11) is 2.04. The van der Waals surface area contributed by atoms with Gasteiger partial charge in [0.1, 0.15) is 17.7 Å². The molecule has 2 aromatic rings. The van der Waals surface area contributed by atoms with Crippen molar-refractivity contribution in [1.82, 2.24) is 0 Å². The van der Waals surface area contributed by atoms with Crippen LogP contribution in [0.15, 0.2) is 36.4 Å². The Kier molecular flexibility index (Phi) is 3.64. The van der Waals surface area contributed by atoms with Crippen molar-refractivity contribution in [1.29, 1.82) is 0 Å². The minimum Gasteiger partial charge on any atom is -0.384 e. The number of nitrogens with zero attached hydrogens (tertiary/aromatic N) is 1. The monoisotopic (exact) mass is 289 g/mol. The Bertz CT molecular complexity index is 652. The number of hydrogen-bond acceptors (Lipinski definition) is 2. The van der Waals surface area contributed by atoms with Gasteiger partial charge < -0.3 is 10.0 Å². The average Bonchev–Trinajstić information content (AvgIpc) is 2.45. The highest BCUT2D eigenvalue weighted by molar-refractivity contribution is 5.57. The predicted molar refractivity (Wildman–Crippen MR) is 78.5 cm³/mol. The third-order valence-electron chi connectivity index (χ3n) is 3.97. The highest BCUT2D eigenvalue weighted by Crippen LogP contribution is 2.31. The summed E-state index contributed by atoms with van der Waals surface area (Å²) in [6.07, 6.45) is 1.00. The van der Waals surface area contributed by atoms with Gasteiger partial charge in [-0.05, 0) is 47.7 Å². The molecule has 0 spiro atoms. The molecule has 0 radical (unpaired) electrons. The standard InChI is InChI=1S/C17H17F2NO/c1-20-6-2-3-11-7-12(4-5-16(11)20)17(21)13-8-14(18)10-15(19)9-13/h4-5,7-10,17,21H,2-3,6H2,1H3. The van der Waals surface area contributed by atoms with E-state index in [9.17, 15) is 13.9 Å². The van der Waals surface area contributed by atoms with Gasteiger partial charge in [0.15, 0.2) is 0 Å². The molecule has 1 heterocycles. The third-order valence-corrected chi connectivity index (χ3v) is 3.97. The van der Waals surface area contributed by atoms with Crippen molar-refractivity contribution in [3.8, 4) is 0 Å². The first-order valence-electron chi connectivity index (χ1n) is 7.02. The Morgan fingerprint density at radius 3 is 2.48 bits per heavy atom. The first-order valence-corrected chi connectivity index (χ1v) is 7.02. The van der Waals surface area contributed by atoms with E-state index in [2.05, 4.69) is 4.90 Å². The van der Waals surface area contributed by atoms with E-state index in [1.807, 2.05) is 25.2 Å². The predicted octanol–water partition coefficient (Wildman–Crippen LogP) is 3.43. The van der Waals surface area contributed by atoms with Gasteiger partial charge in [0.2, 0.25) is 0 Å². The van der Waals surface area contributed by atoms with Crippen molar-refractivity contribution >= 4 is 5.69 Å². The van der Waals surface area contributed by atoms with E-state index >= 15 is 0 Å². The van der Waals surface area contributed by atoms with Crippen molar-refractivity contribution in [2.75, 3.05) is 18.5 Å². The van der Waals surface area contributed by atoms with Crippen LogP contribution < -0.4 is 4.90 Å². The van der Waals surface area contributed by atoms with E-state index < -0.39 is 17.7 Å². The molecule has 110 valence electrons. The highest BCUT2D eigenvalue weighted by Gasteiger charge is 2.18. The van der Waals surface area contributed by atoms with E-state index in [1.54, 1.807) is 0 Å². The summed E-state index contributed by atoms with van der Waals surface area (Å²) in [4.78, 5) is 2.18. The number of anilines is 1. The normalized spacial score (nSPS) is 15.7. The summed E-state index contributed by atoms with van der Waals surface area (Å²) in [5.41, 5.74) is 3.21. The molecule has 1 N–H and O–H groups in total. The molecule has 3 rings (SSSR count). The van der Waals surface area contributed by atoms with Crippen LogP contribution in [0.2, 0.25) is 0 Å². The topological polar surface area (TPSA) is 23.5 Å². The lowest BCUT2D eigenvalue weighted by atomic mass is 9.95. The second-order valence-corrected chi connectivity index (χ2v) is 5.52. The van der Waals surface area contributed by atoms with E-state index in [1.165, 1.54) is 12.1 Å². The summed E-state index contributed by atoms with van der Waals surface area (Å²) in [6.45, 7) is 1.02. The maximum atomic E-state index is 13.3. The van der Waals surface area contributed by atoms with Gasteiger partial charge in [0.25, 0.3) is 0 Å². The number of hydrogen-bond donors (Lipinski definition) is 1. The summed E-state index contributed by atoms with van der Waals surface area (Å²) < 4.78 is 26.5. The fourth-order valence-electron chi connectivity index (χ4n) is 2.90. The Balaban J connectivity index is 1.96. The molecule has 0 saturated heterocycles. The van der Waals surface area contributed by atoms with Gasteiger partial charge in [-0.2, -0.15) is 0 Å². The van der Waals surface area contributed by atoms with Crippen LogP contribution in [-0.2, 0) is 6.42 Å². The fraction of sp³-hybridized carbons (Fsp3) is 0.294. The molecule has 0 amide bonds. The number of rotatable bonds is 2. The maximum Gasteiger partial charge on any atom is 0.126 e. The van der Waals surface area contributed by atoms with Gasteiger partial charge in [-0.25, -0.2) is 8.78 Å². The summed E-state index contributed by atoms with van der Waals surface area (Å²) in [6, 6.07) is 8.84. The van der Waals surface area contributed by atoms with Gasteiger partial charge >= 0.3 is 0 Å². The lowest BCUT2D eigenvalue weighted by Crippen LogP contribution is -2.24. The molecule has 0 bridgehead atoms. The molecule has 2 aromatic carbocycles. The summed E-state index contributed by atoms with van der Waals surface area (Å²) in [5, 5.41) is 10.4. The lowest BCUT2D eigenvalue weighted by molar-refractivity contribution is 0.219. The number of fused-ring (bicyclic) bond motifs is 1. The summed E-state index contributed by atoms with van der Waals surface area (Å²) in [5.74, 6) is -1.36. The van der Waals surface area contributed by atoms with E-state index in [-0.39, 0.29) is 5.56 Å². The number of aryl methyl sites for hydroxylation is 1. The third kappa shape index (κ3) is 2.76. The second-order valence-electron chi connectivity index (χ2n) is 5.52. The smallest absolute Gasteiger partial charge is 0.126 e. The Labute approximate surface area is 122 Å². The van der Waals surface area contributed by atoms with Crippen LogP contribution in [0.1, 0.15) is 29.2 Å². The largest absolute Gasteiger partial charge is 0.384 e. The number of halogens is 2. The molecule has 0 aliphatic carbocycles. The van der Waals surface area contributed by atoms with Crippen LogP contribution in [0.3, 0.4) is 0 Å². The van der Waals surface area contributed by atoms with Crippen LogP contribution in [-0.4, -0.2) is 18.7 Å². The number of aliphatic hydroxyl groups is 1. The number of aliphatic hydroxyl groups excluding tert-OH is 1.